The van der Waals surface area contributed by atoms with Crippen molar-refractivity contribution in [3.05, 3.63) is 29.6 Å². The van der Waals surface area contributed by atoms with Gasteiger partial charge < -0.3 is 5.32 Å². The molecule has 0 aromatic carbocycles. The summed E-state index contributed by atoms with van der Waals surface area (Å²) in [7, 11) is 0. The topological polar surface area (TPSA) is 78.7 Å². The largest absolute Gasteiger partial charge is 0.359 e. The van der Waals surface area contributed by atoms with Gasteiger partial charge in [0.05, 0.1) is 12.2 Å². The van der Waals surface area contributed by atoms with Gasteiger partial charge in [-0.2, -0.15) is 0 Å². The minimum absolute atomic E-state index is 0.00260. The molecule has 2 aromatic heterocycles. The minimum atomic E-state index is -0.479. The Morgan fingerprint density at radius 2 is 2.09 bits per heavy atom. The molecule has 6 heteroatoms. The number of carbonyl (C=O) groups is 1. The summed E-state index contributed by atoms with van der Waals surface area (Å²) in [6, 6.07) is 6.12. The molecule has 0 spiro atoms. The monoisotopic (exact) mass is 304 g/mol. The average Bonchev–Trinajstić information content (AvgIpc) is 2.89. The maximum absolute atomic E-state index is 11.2. The van der Waals surface area contributed by atoms with Gasteiger partial charge in [-0.1, -0.05) is 32.8 Å². The molecule has 0 saturated heterocycles. The molecule has 2 heterocycles. The van der Waals surface area contributed by atoms with Crippen molar-refractivity contribution in [2.24, 2.45) is 0 Å². The van der Waals surface area contributed by atoms with Crippen molar-refractivity contribution in [2.45, 2.75) is 46.0 Å². The van der Waals surface area contributed by atoms with Gasteiger partial charge in [-0.15, -0.1) is 0 Å². The van der Waals surface area contributed by atoms with Gasteiger partial charge in [0.25, 0.3) is 5.91 Å². The number of aromatic nitrogens is 2. The fourth-order valence-electron chi connectivity index (χ4n) is 2.60. The van der Waals surface area contributed by atoms with Crippen LogP contribution in [-0.4, -0.2) is 27.0 Å². The van der Waals surface area contributed by atoms with Crippen molar-refractivity contribution >= 4 is 17.4 Å². The lowest BCUT2D eigenvalue weighted by Crippen LogP contribution is -2.27. The zero-order chi connectivity index (χ0) is 15.9. The first-order valence-corrected chi connectivity index (χ1v) is 7.87. The summed E-state index contributed by atoms with van der Waals surface area (Å²) in [5.41, 5.74) is 4.86. The van der Waals surface area contributed by atoms with Crippen LogP contribution in [0, 0.1) is 0 Å². The number of rotatable bonds is 8. The van der Waals surface area contributed by atoms with E-state index in [4.69, 9.17) is 5.21 Å². The highest BCUT2D eigenvalue weighted by Gasteiger charge is 2.14. The van der Waals surface area contributed by atoms with E-state index < -0.39 is 5.91 Å². The molecule has 0 saturated carbocycles. The summed E-state index contributed by atoms with van der Waals surface area (Å²) in [5.74, 6) is 0.243. The molecule has 2 rings (SSSR count). The molecule has 0 atom stereocenters. The maximum Gasteiger partial charge on any atom is 0.262 e. The van der Waals surface area contributed by atoms with Gasteiger partial charge in [-0.3, -0.25) is 14.4 Å². The van der Waals surface area contributed by atoms with Gasteiger partial charge in [0.15, 0.2) is 0 Å². The highest BCUT2D eigenvalue weighted by molar-refractivity contribution is 5.79. The van der Waals surface area contributed by atoms with Gasteiger partial charge in [0, 0.05) is 5.69 Å². The Morgan fingerprint density at radius 3 is 2.77 bits per heavy atom. The SMILES string of the molecule is CCCCc1c(NCC(=O)NO)nc2cccc(CCC)n12. The Morgan fingerprint density at radius 1 is 1.27 bits per heavy atom. The predicted molar refractivity (Wildman–Crippen MR) is 86.2 cm³/mol. The van der Waals surface area contributed by atoms with E-state index in [-0.39, 0.29) is 6.54 Å². The first kappa shape index (κ1) is 16.3. The number of hydrogen-bond acceptors (Lipinski definition) is 4. The quantitative estimate of drug-likeness (QED) is 0.517. The van der Waals surface area contributed by atoms with Crippen molar-refractivity contribution in [1.29, 1.82) is 0 Å². The van der Waals surface area contributed by atoms with E-state index in [0.29, 0.717) is 0 Å². The van der Waals surface area contributed by atoms with E-state index in [9.17, 15) is 4.79 Å². The molecule has 0 aliphatic carbocycles. The summed E-state index contributed by atoms with van der Waals surface area (Å²) in [6.45, 7) is 4.32. The third-order valence-electron chi connectivity index (χ3n) is 3.63. The Balaban J connectivity index is 2.40. The summed E-state index contributed by atoms with van der Waals surface area (Å²) in [4.78, 5) is 15.8. The number of imidazole rings is 1. The molecule has 2 aromatic rings. The number of aryl methyl sites for hydroxylation is 2. The number of unbranched alkanes of at least 4 members (excludes halogenated alkanes) is 1. The number of amides is 1. The van der Waals surface area contributed by atoms with E-state index in [1.165, 1.54) is 5.69 Å². The van der Waals surface area contributed by atoms with Gasteiger partial charge in [0.2, 0.25) is 0 Å². The van der Waals surface area contributed by atoms with Crippen LogP contribution in [0.4, 0.5) is 5.82 Å². The second-order valence-corrected chi connectivity index (χ2v) is 5.36. The highest BCUT2D eigenvalue weighted by Crippen LogP contribution is 2.22. The molecule has 0 radical (unpaired) electrons. The molecule has 0 aliphatic heterocycles. The molecular weight excluding hydrogens is 280 g/mol. The van der Waals surface area contributed by atoms with E-state index in [0.717, 1.165) is 49.3 Å². The van der Waals surface area contributed by atoms with Crippen LogP contribution in [0.25, 0.3) is 5.65 Å². The number of nitrogens with one attached hydrogen (secondary N) is 2. The second-order valence-electron chi connectivity index (χ2n) is 5.36. The Bertz CT molecular complexity index is 636. The normalized spacial score (nSPS) is 10.9. The minimum Gasteiger partial charge on any atom is -0.359 e. The molecule has 1 amide bonds. The van der Waals surface area contributed by atoms with Crippen molar-refractivity contribution < 1.29 is 10.0 Å². The zero-order valence-electron chi connectivity index (χ0n) is 13.2. The summed E-state index contributed by atoms with van der Waals surface area (Å²) in [5, 5.41) is 11.6. The van der Waals surface area contributed by atoms with Crippen LogP contribution in [0.3, 0.4) is 0 Å². The van der Waals surface area contributed by atoms with E-state index >= 15 is 0 Å². The first-order chi connectivity index (χ1) is 10.7. The van der Waals surface area contributed by atoms with E-state index in [1.807, 2.05) is 12.1 Å². The van der Waals surface area contributed by atoms with Crippen LogP contribution >= 0.6 is 0 Å². The van der Waals surface area contributed by atoms with E-state index in [1.54, 1.807) is 5.48 Å². The molecule has 22 heavy (non-hydrogen) atoms. The van der Waals surface area contributed by atoms with Crippen LogP contribution in [0.2, 0.25) is 0 Å². The smallest absolute Gasteiger partial charge is 0.262 e. The lowest BCUT2D eigenvalue weighted by atomic mass is 10.1. The molecule has 0 aliphatic rings. The second kappa shape index (κ2) is 7.79. The van der Waals surface area contributed by atoms with Gasteiger partial charge in [-0.25, -0.2) is 10.5 Å². The predicted octanol–water partition coefficient (Wildman–Crippen LogP) is 2.55. The number of hydroxylamine groups is 1. The number of pyridine rings is 1. The molecule has 0 bridgehead atoms. The number of fused-ring (bicyclic) bond motifs is 1. The molecule has 120 valence electrons. The van der Waals surface area contributed by atoms with Crippen molar-refractivity contribution in [2.75, 3.05) is 11.9 Å². The summed E-state index contributed by atoms with van der Waals surface area (Å²) in [6.07, 6.45) is 5.12. The average molecular weight is 304 g/mol. The van der Waals surface area contributed by atoms with Crippen molar-refractivity contribution in [3.8, 4) is 0 Å². The Hall–Kier alpha value is -2.08. The molecule has 3 N–H and O–H groups in total. The summed E-state index contributed by atoms with van der Waals surface area (Å²) < 4.78 is 2.19. The number of nitrogens with zero attached hydrogens (tertiary/aromatic N) is 2. The molecule has 0 unspecified atom stereocenters. The van der Waals surface area contributed by atoms with Crippen molar-refractivity contribution in [3.63, 3.8) is 0 Å². The summed E-state index contributed by atoms with van der Waals surface area (Å²) >= 11 is 0. The fraction of sp³-hybridized carbons (Fsp3) is 0.500. The Labute approximate surface area is 130 Å². The molecular formula is C16H24N4O2. The van der Waals surface area contributed by atoms with Crippen LogP contribution in [0.5, 0.6) is 0 Å². The van der Waals surface area contributed by atoms with Crippen LogP contribution in [0.1, 0.15) is 44.5 Å². The van der Waals surface area contributed by atoms with Crippen LogP contribution in [0.15, 0.2) is 18.2 Å². The van der Waals surface area contributed by atoms with Gasteiger partial charge >= 0.3 is 0 Å². The van der Waals surface area contributed by atoms with Crippen LogP contribution in [-0.2, 0) is 17.6 Å². The third kappa shape index (κ3) is 3.57. The highest BCUT2D eigenvalue weighted by atomic mass is 16.5. The lowest BCUT2D eigenvalue weighted by molar-refractivity contribution is -0.127. The number of anilines is 1. The van der Waals surface area contributed by atoms with Gasteiger partial charge in [0.1, 0.15) is 11.5 Å². The maximum atomic E-state index is 11.2. The molecule has 6 nitrogen and oxygen atoms in total. The molecule has 0 fully saturated rings. The Kier molecular flexibility index (Phi) is 5.77. The van der Waals surface area contributed by atoms with Crippen LogP contribution < -0.4 is 10.8 Å². The lowest BCUT2D eigenvalue weighted by Gasteiger charge is -2.10. The van der Waals surface area contributed by atoms with Crippen molar-refractivity contribution in [1.82, 2.24) is 14.9 Å². The van der Waals surface area contributed by atoms with E-state index in [2.05, 4.69) is 34.6 Å². The zero-order valence-corrected chi connectivity index (χ0v) is 13.2. The number of hydrogen-bond donors (Lipinski definition) is 3. The standard InChI is InChI=1S/C16H24N4O2/c1-3-5-9-13-16(17-11-15(21)19-22)18-14-10-6-8-12(7-4-2)20(13)14/h6,8,10,17,22H,3-5,7,9,11H2,1-2H3,(H,19,21). The van der Waals surface area contributed by atoms with Gasteiger partial charge in [-0.05, 0) is 31.4 Å². The number of carbonyl (C=O) groups excluding carboxylic acids is 1. The first-order valence-electron chi connectivity index (χ1n) is 7.87. The third-order valence-corrected chi connectivity index (χ3v) is 3.63. The fourth-order valence-corrected chi connectivity index (χ4v) is 2.60.